The second kappa shape index (κ2) is 9.84. The van der Waals surface area contributed by atoms with E-state index in [2.05, 4.69) is 16.9 Å². The molecule has 2 rings (SSSR count). The summed E-state index contributed by atoms with van der Waals surface area (Å²) in [6.45, 7) is 6.01. The Morgan fingerprint density at radius 1 is 1.11 bits per heavy atom. The molecule has 5 heteroatoms. The number of carboxylic acid groups (broad SMARTS) is 1. The van der Waals surface area contributed by atoms with E-state index in [1.165, 1.54) is 19.3 Å². The van der Waals surface area contributed by atoms with Gasteiger partial charge in [-0.3, -0.25) is 9.97 Å². The van der Waals surface area contributed by atoms with Gasteiger partial charge in [0, 0.05) is 11.8 Å². The lowest BCUT2D eigenvalue weighted by Crippen LogP contribution is -2.36. The molecule has 4 nitrogen and oxygen atoms in total. The van der Waals surface area contributed by atoms with Crippen molar-refractivity contribution in [2.45, 2.75) is 64.2 Å². The lowest BCUT2D eigenvalue weighted by atomic mass is 9.84. The smallest absolute Gasteiger partial charge is 0.329 e. The zero-order chi connectivity index (χ0) is 19.9. The number of alkyl halides is 1. The maximum absolute atomic E-state index is 11.8. The summed E-state index contributed by atoms with van der Waals surface area (Å²) in [5, 5.41) is 9.65. The monoisotopic (exact) mass is 388 g/mol. The molecule has 1 heterocycles. The van der Waals surface area contributed by atoms with Crippen molar-refractivity contribution in [2.75, 3.05) is 0 Å². The molecule has 0 saturated heterocycles. The van der Waals surface area contributed by atoms with Gasteiger partial charge in [0.05, 0.1) is 17.6 Å². The molecule has 0 aliphatic rings. The van der Waals surface area contributed by atoms with Crippen LogP contribution >= 0.6 is 11.6 Å². The molecule has 0 bridgehead atoms. The van der Waals surface area contributed by atoms with Gasteiger partial charge in [0.25, 0.3) is 0 Å². The fourth-order valence-corrected chi connectivity index (χ4v) is 3.43. The summed E-state index contributed by atoms with van der Waals surface area (Å²) in [6, 6.07) is 7.29. The molecule has 0 radical (unpaired) electrons. The Morgan fingerprint density at radius 2 is 1.81 bits per heavy atom. The van der Waals surface area contributed by atoms with Crippen LogP contribution in [0.2, 0.25) is 0 Å². The number of aryl methyl sites for hydroxylation is 1. The fourth-order valence-electron chi connectivity index (χ4n) is 3.15. The van der Waals surface area contributed by atoms with E-state index in [4.69, 9.17) is 11.6 Å². The minimum atomic E-state index is -1.42. The van der Waals surface area contributed by atoms with E-state index in [9.17, 15) is 9.90 Å². The highest BCUT2D eigenvalue weighted by Gasteiger charge is 2.42. The van der Waals surface area contributed by atoms with Gasteiger partial charge in [0.2, 0.25) is 0 Å². The molecule has 2 unspecified atom stereocenters. The molecule has 0 aliphatic carbocycles. The molecule has 27 heavy (non-hydrogen) atoms. The molecule has 0 aliphatic heterocycles. The first-order chi connectivity index (χ1) is 12.9. The van der Waals surface area contributed by atoms with Crippen molar-refractivity contribution in [3.63, 3.8) is 0 Å². The second-order valence-corrected chi connectivity index (χ2v) is 7.70. The summed E-state index contributed by atoms with van der Waals surface area (Å²) in [4.78, 5) is 19.4. The number of nitrogens with zero attached hydrogens (tertiary/aromatic N) is 2. The van der Waals surface area contributed by atoms with Gasteiger partial charge in [0.1, 0.15) is 0 Å². The van der Waals surface area contributed by atoms with E-state index in [0.717, 1.165) is 29.8 Å². The van der Waals surface area contributed by atoms with Crippen molar-refractivity contribution in [1.82, 2.24) is 9.97 Å². The fraction of sp³-hybridized carbons (Fsp3) is 0.500. The average molecular weight is 389 g/mol. The van der Waals surface area contributed by atoms with E-state index >= 15 is 0 Å². The molecule has 0 amide bonds. The zero-order valence-electron chi connectivity index (χ0n) is 16.4. The van der Waals surface area contributed by atoms with Gasteiger partial charge in [-0.05, 0) is 24.3 Å². The summed E-state index contributed by atoms with van der Waals surface area (Å²) in [6.07, 6.45) is 10.1. The minimum absolute atomic E-state index is 0.186. The minimum Gasteiger partial charge on any atom is -0.480 e. The molecule has 1 aromatic carbocycles. The zero-order valence-corrected chi connectivity index (χ0v) is 17.2. The Hall–Kier alpha value is -1.94. The van der Waals surface area contributed by atoms with Gasteiger partial charge in [-0.1, -0.05) is 70.7 Å². The predicted molar refractivity (Wildman–Crippen MR) is 110 cm³/mol. The van der Waals surface area contributed by atoms with Crippen molar-refractivity contribution >= 4 is 17.6 Å². The van der Waals surface area contributed by atoms with Gasteiger partial charge in [0.15, 0.2) is 4.87 Å². The summed E-state index contributed by atoms with van der Waals surface area (Å²) < 4.78 is 0. The first kappa shape index (κ1) is 21.4. The van der Waals surface area contributed by atoms with Gasteiger partial charge in [-0.2, -0.15) is 0 Å². The number of halogens is 1. The molecule has 2 aromatic rings. The summed E-state index contributed by atoms with van der Waals surface area (Å²) in [7, 11) is 0. The Morgan fingerprint density at radius 3 is 2.33 bits per heavy atom. The van der Waals surface area contributed by atoms with Crippen molar-refractivity contribution in [3.8, 4) is 11.3 Å². The summed E-state index contributed by atoms with van der Waals surface area (Å²) in [5.41, 5.74) is 3.28. The first-order valence-corrected chi connectivity index (χ1v) is 10.1. The molecule has 2 atom stereocenters. The van der Waals surface area contributed by atoms with E-state index in [0.29, 0.717) is 12.0 Å². The third-order valence-electron chi connectivity index (χ3n) is 5.20. The van der Waals surface area contributed by atoms with Crippen LogP contribution in [0.3, 0.4) is 0 Å². The lowest BCUT2D eigenvalue weighted by molar-refractivity contribution is -0.142. The maximum Gasteiger partial charge on any atom is 0.329 e. The number of hydrogen-bond acceptors (Lipinski definition) is 3. The van der Waals surface area contributed by atoms with Crippen LogP contribution in [0.4, 0.5) is 0 Å². The highest BCUT2D eigenvalue weighted by Crippen LogP contribution is 2.39. The molecule has 0 fully saturated rings. The van der Waals surface area contributed by atoms with Gasteiger partial charge < -0.3 is 5.11 Å². The number of carboxylic acids is 1. The highest BCUT2D eigenvalue weighted by atomic mass is 35.5. The topological polar surface area (TPSA) is 63.1 Å². The molecular weight excluding hydrogens is 360 g/mol. The Kier molecular flexibility index (Phi) is 7.78. The lowest BCUT2D eigenvalue weighted by Gasteiger charge is -2.29. The van der Waals surface area contributed by atoms with Crippen LogP contribution in [-0.2, 0) is 16.1 Å². The molecule has 0 saturated carbocycles. The largest absolute Gasteiger partial charge is 0.480 e. The van der Waals surface area contributed by atoms with Crippen molar-refractivity contribution < 1.29 is 9.90 Å². The number of benzene rings is 1. The van der Waals surface area contributed by atoms with Gasteiger partial charge in [-0.15, -0.1) is 11.6 Å². The average Bonchev–Trinajstić information content (AvgIpc) is 2.70. The number of unbranched alkanes of at least 4 members (excludes halogenated alkanes) is 3. The molecule has 1 aromatic heterocycles. The molecule has 0 spiro atoms. The maximum atomic E-state index is 11.8. The third-order valence-corrected chi connectivity index (χ3v) is 5.95. The van der Waals surface area contributed by atoms with Gasteiger partial charge >= 0.3 is 5.97 Å². The van der Waals surface area contributed by atoms with Crippen LogP contribution in [0, 0.1) is 5.92 Å². The SMILES string of the molecule is CCCCCCc1cnc(-c2ccc(C(Cl)(C(=O)O)C(C)CC)cc2)cn1. The number of aliphatic carboxylic acids is 1. The van der Waals surface area contributed by atoms with E-state index in [-0.39, 0.29) is 5.92 Å². The molecule has 146 valence electrons. The normalized spacial score (nSPS) is 14.5. The van der Waals surface area contributed by atoms with Crippen LogP contribution in [0.15, 0.2) is 36.7 Å². The Bertz CT molecular complexity index is 731. The van der Waals surface area contributed by atoms with Crippen molar-refractivity contribution in [1.29, 1.82) is 0 Å². The standard InChI is InChI=1S/C22H29ClN2O2/c1-4-6-7-8-9-19-14-25-20(15-24-19)17-10-12-18(13-11-17)22(23,21(26)27)16(3)5-2/h10-16H,4-9H2,1-3H3,(H,26,27). The van der Waals surface area contributed by atoms with Crippen molar-refractivity contribution in [2.24, 2.45) is 5.92 Å². The Balaban J connectivity index is 2.13. The van der Waals surface area contributed by atoms with Crippen LogP contribution < -0.4 is 0 Å². The quantitative estimate of drug-likeness (QED) is 0.410. The van der Waals surface area contributed by atoms with Crippen LogP contribution in [0.5, 0.6) is 0 Å². The number of aromatic nitrogens is 2. The second-order valence-electron chi connectivity index (χ2n) is 7.11. The van der Waals surface area contributed by atoms with E-state index in [1.54, 1.807) is 18.3 Å². The van der Waals surface area contributed by atoms with Crippen molar-refractivity contribution in [3.05, 3.63) is 47.9 Å². The predicted octanol–water partition coefficient (Wildman–Crippen LogP) is 5.83. The van der Waals surface area contributed by atoms with Crippen LogP contribution in [0.1, 0.15) is 64.1 Å². The molecule has 1 N–H and O–H groups in total. The first-order valence-electron chi connectivity index (χ1n) is 9.77. The number of rotatable bonds is 10. The highest BCUT2D eigenvalue weighted by molar-refractivity contribution is 6.33. The summed E-state index contributed by atoms with van der Waals surface area (Å²) >= 11 is 6.51. The van der Waals surface area contributed by atoms with E-state index < -0.39 is 10.8 Å². The molecular formula is C22H29ClN2O2. The van der Waals surface area contributed by atoms with E-state index in [1.807, 2.05) is 32.2 Å². The van der Waals surface area contributed by atoms with Crippen LogP contribution in [0.25, 0.3) is 11.3 Å². The Labute approximate surface area is 167 Å². The summed E-state index contributed by atoms with van der Waals surface area (Å²) in [5.74, 6) is -1.20. The number of carbonyl (C=O) groups is 1. The van der Waals surface area contributed by atoms with Crippen LogP contribution in [-0.4, -0.2) is 21.0 Å². The van der Waals surface area contributed by atoms with Gasteiger partial charge in [-0.25, -0.2) is 4.79 Å². The number of hydrogen-bond donors (Lipinski definition) is 1. The third kappa shape index (κ3) is 5.07.